The summed E-state index contributed by atoms with van der Waals surface area (Å²) in [6, 6.07) is 4.48. The molecule has 21 heavy (non-hydrogen) atoms. The quantitative estimate of drug-likeness (QED) is 0.804. The Morgan fingerprint density at radius 1 is 1.10 bits per heavy atom. The summed E-state index contributed by atoms with van der Waals surface area (Å²) in [5, 5.41) is 3.61. The number of hydrogen-bond acceptors (Lipinski definition) is 5. The van der Waals surface area contributed by atoms with Crippen LogP contribution in [-0.2, 0) is 6.54 Å². The van der Waals surface area contributed by atoms with Crippen LogP contribution in [0.1, 0.15) is 24.8 Å². The Hall–Kier alpha value is -1.46. The predicted octanol–water partition coefficient (Wildman–Crippen LogP) is 1.93. The van der Waals surface area contributed by atoms with E-state index in [-0.39, 0.29) is 0 Å². The summed E-state index contributed by atoms with van der Waals surface area (Å²) in [4.78, 5) is 0. The minimum atomic E-state index is 0.508. The highest BCUT2D eigenvalue weighted by atomic mass is 16.5. The van der Waals surface area contributed by atoms with E-state index < -0.39 is 0 Å². The van der Waals surface area contributed by atoms with Crippen LogP contribution in [0.2, 0.25) is 0 Å². The second kappa shape index (κ2) is 7.52. The molecular formula is C16H26N2O3. The molecule has 0 amide bonds. The maximum atomic E-state index is 5.83. The molecule has 0 aromatic heterocycles. The molecule has 0 radical (unpaired) electrons. The first-order valence-electron chi connectivity index (χ1n) is 7.45. The van der Waals surface area contributed by atoms with Crippen molar-refractivity contribution in [3.8, 4) is 17.2 Å². The number of benzene rings is 1. The van der Waals surface area contributed by atoms with Crippen molar-refractivity contribution in [2.75, 3.05) is 27.9 Å². The first-order valence-corrected chi connectivity index (χ1v) is 7.45. The largest absolute Gasteiger partial charge is 0.493 e. The molecule has 0 heterocycles. The molecule has 1 aliphatic rings. The van der Waals surface area contributed by atoms with Crippen LogP contribution in [0.5, 0.6) is 17.2 Å². The van der Waals surface area contributed by atoms with Gasteiger partial charge in [0, 0.05) is 12.6 Å². The van der Waals surface area contributed by atoms with Crippen molar-refractivity contribution in [1.29, 1.82) is 0 Å². The van der Waals surface area contributed by atoms with Gasteiger partial charge >= 0.3 is 0 Å². The van der Waals surface area contributed by atoms with Crippen molar-refractivity contribution >= 4 is 0 Å². The summed E-state index contributed by atoms with van der Waals surface area (Å²) in [7, 11) is 4.88. The first kappa shape index (κ1) is 15.9. The monoisotopic (exact) mass is 294 g/mol. The third kappa shape index (κ3) is 3.60. The van der Waals surface area contributed by atoms with E-state index in [0.717, 1.165) is 18.7 Å². The molecular weight excluding hydrogens is 268 g/mol. The Morgan fingerprint density at radius 2 is 1.76 bits per heavy atom. The van der Waals surface area contributed by atoms with Gasteiger partial charge in [-0.2, -0.15) is 0 Å². The minimum Gasteiger partial charge on any atom is -0.493 e. The van der Waals surface area contributed by atoms with Gasteiger partial charge in [-0.15, -0.1) is 0 Å². The van der Waals surface area contributed by atoms with Gasteiger partial charge in [-0.05, 0) is 43.0 Å². The fraction of sp³-hybridized carbons (Fsp3) is 0.625. The van der Waals surface area contributed by atoms with Crippen LogP contribution in [-0.4, -0.2) is 33.9 Å². The Bertz CT molecular complexity index is 440. The average Bonchev–Trinajstić information content (AvgIpc) is 2.99. The van der Waals surface area contributed by atoms with Crippen LogP contribution >= 0.6 is 0 Å². The van der Waals surface area contributed by atoms with E-state index in [1.807, 2.05) is 12.1 Å². The topological polar surface area (TPSA) is 65.7 Å². The van der Waals surface area contributed by atoms with E-state index >= 15 is 0 Å². The molecule has 2 atom stereocenters. The molecule has 1 aromatic rings. The molecule has 3 N–H and O–H groups in total. The molecule has 0 aliphatic heterocycles. The normalized spacial score (nSPS) is 21.3. The highest BCUT2D eigenvalue weighted by molar-refractivity contribution is 5.53. The standard InChI is InChI=1S/C16H26N2O3/c1-19-14-7-11(8-15(20-2)16(14)21-3)10-18-13-6-4-5-12(13)9-17/h7-8,12-13,18H,4-6,9-10,17H2,1-3H3. The summed E-state index contributed by atoms with van der Waals surface area (Å²) in [5.41, 5.74) is 6.94. The SMILES string of the molecule is COc1cc(CNC2CCCC2CN)cc(OC)c1OC. The molecule has 1 fully saturated rings. The van der Waals surface area contributed by atoms with Crippen molar-refractivity contribution in [3.63, 3.8) is 0 Å². The van der Waals surface area contributed by atoms with Crippen LogP contribution in [0.15, 0.2) is 12.1 Å². The first-order chi connectivity index (χ1) is 10.2. The van der Waals surface area contributed by atoms with Gasteiger partial charge in [0.2, 0.25) is 5.75 Å². The molecule has 0 spiro atoms. The fourth-order valence-electron chi connectivity index (χ4n) is 3.07. The zero-order valence-electron chi connectivity index (χ0n) is 13.1. The lowest BCUT2D eigenvalue weighted by Crippen LogP contribution is -2.35. The second-order valence-corrected chi connectivity index (χ2v) is 5.45. The fourth-order valence-corrected chi connectivity index (χ4v) is 3.07. The lowest BCUT2D eigenvalue weighted by atomic mass is 10.0. The van der Waals surface area contributed by atoms with Crippen LogP contribution in [0.4, 0.5) is 0 Å². The number of rotatable bonds is 7. The van der Waals surface area contributed by atoms with Gasteiger partial charge in [0.1, 0.15) is 0 Å². The maximum absolute atomic E-state index is 5.83. The zero-order chi connectivity index (χ0) is 15.2. The molecule has 1 saturated carbocycles. The Kier molecular flexibility index (Phi) is 5.70. The number of methoxy groups -OCH3 is 3. The molecule has 1 aromatic carbocycles. The van der Waals surface area contributed by atoms with E-state index in [1.54, 1.807) is 21.3 Å². The molecule has 5 heteroatoms. The third-order valence-electron chi connectivity index (χ3n) is 4.25. The van der Waals surface area contributed by atoms with Gasteiger partial charge in [0.25, 0.3) is 0 Å². The van der Waals surface area contributed by atoms with Gasteiger partial charge in [-0.1, -0.05) is 6.42 Å². The highest BCUT2D eigenvalue weighted by Gasteiger charge is 2.25. The van der Waals surface area contributed by atoms with Gasteiger partial charge in [-0.25, -0.2) is 0 Å². The van der Waals surface area contributed by atoms with Gasteiger partial charge in [0.15, 0.2) is 11.5 Å². The van der Waals surface area contributed by atoms with E-state index in [0.29, 0.717) is 29.2 Å². The summed E-state index contributed by atoms with van der Waals surface area (Å²) < 4.78 is 16.1. The number of nitrogens with two attached hydrogens (primary N) is 1. The zero-order valence-corrected chi connectivity index (χ0v) is 13.1. The second-order valence-electron chi connectivity index (χ2n) is 5.45. The summed E-state index contributed by atoms with van der Waals surface area (Å²) in [5.74, 6) is 2.60. The molecule has 2 rings (SSSR count). The molecule has 118 valence electrons. The Balaban J connectivity index is 2.09. The van der Waals surface area contributed by atoms with Crippen LogP contribution in [0.3, 0.4) is 0 Å². The van der Waals surface area contributed by atoms with Crippen LogP contribution in [0.25, 0.3) is 0 Å². The van der Waals surface area contributed by atoms with Crippen molar-refractivity contribution in [2.45, 2.75) is 31.8 Å². The highest BCUT2D eigenvalue weighted by Crippen LogP contribution is 2.38. The number of hydrogen-bond donors (Lipinski definition) is 2. The molecule has 5 nitrogen and oxygen atoms in total. The Morgan fingerprint density at radius 3 is 2.29 bits per heavy atom. The predicted molar refractivity (Wildman–Crippen MR) is 83.1 cm³/mol. The third-order valence-corrected chi connectivity index (χ3v) is 4.25. The van der Waals surface area contributed by atoms with E-state index in [9.17, 15) is 0 Å². The van der Waals surface area contributed by atoms with Crippen LogP contribution < -0.4 is 25.3 Å². The Labute approximate surface area is 126 Å². The summed E-state index contributed by atoms with van der Waals surface area (Å²) >= 11 is 0. The van der Waals surface area contributed by atoms with E-state index in [4.69, 9.17) is 19.9 Å². The van der Waals surface area contributed by atoms with E-state index in [1.165, 1.54) is 19.3 Å². The maximum Gasteiger partial charge on any atom is 0.203 e. The number of nitrogens with one attached hydrogen (secondary N) is 1. The molecule has 1 aliphatic carbocycles. The summed E-state index contributed by atoms with van der Waals surface area (Å²) in [6.07, 6.45) is 3.69. The van der Waals surface area contributed by atoms with E-state index in [2.05, 4.69) is 5.32 Å². The van der Waals surface area contributed by atoms with Crippen molar-refractivity contribution < 1.29 is 14.2 Å². The average molecular weight is 294 g/mol. The van der Waals surface area contributed by atoms with Crippen molar-refractivity contribution in [2.24, 2.45) is 11.7 Å². The lowest BCUT2D eigenvalue weighted by molar-refractivity contribution is 0.323. The summed E-state index contributed by atoms with van der Waals surface area (Å²) in [6.45, 7) is 1.53. The molecule has 0 saturated heterocycles. The molecule has 2 unspecified atom stereocenters. The smallest absolute Gasteiger partial charge is 0.203 e. The molecule has 0 bridgehead atoms. The van der Waals surface area contributed by atoms with Crippen LogP contribution in [0, 0.1) is 5.92 Å². The van der Waals surface area contributed by atoms with Crippen molar-refractivity contribution in [3.05, 3.63) is 17.7 Å². The van der Waals surface area contributed by atoms with Gasteiger partial charge < -0.3 is 25.3 Å². The van der Waals surface area contributed by atoms with Crippen molar-refractivity contribution in [1.82, 2.24) is 5.32 Å². The van der Waals surface area contributed by atoms with Gasteiger partial charge in [-0.3, -0.25) is 0 Å². The lowest BCUT2D eigenvalue weighted by Gasteiger charge is -2.20. The minimum absolute atomic E-state index is 0.508. The number of ether oxygens (including phenoxy) is 3. The van der Waals surface area contributed by atoms with Gasteiger partial charge in [0.05, 0.1) is 21.3 Å².